The van der Waals surface area contributed by atoms with Gasteiger partial charge < -0.3 is 14.7 Å². The van der Waals surface area contributed by atoms with Crippen molar-refractivity contribution in [2.45, 2.75) is 32.1 Å². The summed E-state index contributed by atoms with van der Waals surface area (Å²) in [7, 11) is 0. The molecule has 0 spiro atoms. The van der Waals surface area contributed by atoms with E-state index in [0.717, 1.165) is 77.4 Å². The van der Waals surface area contributed by atoms with E-state index in [9.17, 15) is 5.26 Å². The lowest BCUT2D eigenvalue weighted by molar-refractivity contribution is 0.262. The fourth-order valence-electron chi connectivity index (χ4n) is 4.38. The molecule has 0 radical (unpaired) electrons. The van der Waals surface area contributed by atoms with E-state index in [4.69, 9.17) is 6.57 Å². The molecule has 0 N–H and O–H groups in total. The van der Waals surface area contributed by atoms with Gasteiger partial charge in [-0.2, -0.15) is 0 Å². The van der Waals surface area contributed by atoms with Crippen LogP contribution in [0.5, 0.6) is 0 Å². The Labute approximate surface area is 164 Å². The number of nitrogens with zero attached hydrogens (tertiary/aromatic N) is 6. The van der Waals surface area contributed by atoms with Crippen molar-refractivity contribution in [2.24, 2.45) is 0 Å². The Hall–Kier alpha value is -2.02. The molecule has 0 aromatic rings. The SMILES string of the molecule is [C-]#[N+]/C(C#N)=C1\N(CCCN2CC=CCC2)CCN1CCCN1CCCC1. The zero-order valence-electron chi connectivity index (χ0n) is 16.4. The lowest BCUT2D eigenvalue weighted by atomic mass is 10.2. The Morgan fingerprint density at radius 1 is 0.926 bits per heavy atom. The Kier molecular flexibility index (Phi) is 7.56. The smallest absolute Gasteiger partial charge is 0.300 e. The van der Waals surface area contributed by atoms with E-state index < -0.39 is 0 Å². The highest BCUT2D eigenvalue weighted by molar-refractivity contribution is 5.33. The summed E-state index contributed by atoms with van der Waals surface area (Å²) in [6.07, 6.45) is 10.5. The number of hydrogen-bond donors (Lipinski definition) is 0. The molecule has 0 saturated carbocycles. The highest BCUT2D eigenvalue weighted by Gasteiger charge is 2.28. The third kappa shape index (κ3) is 5.48. The van der Waals surface area contributed by atoms with E-state index in [1.54, 1.807) is 0 Å². The minimum Gasteiger partial charge on any atom is -0.365 e. The third-order valence-corrected chi connectivity index (χ3v) is 5.81. The summed E-state index contributed by atoms with van der Waals surface area (Å²) in [5, 5.41) is 9.45. The maximum atomic E-state index is 9.45. The van der Waals surface area contributed by atoms with Gasteiger partial charge in [0.05, 0.1) is 12.6 Å². The molecule has 0 aliphatic carbocycles. The number of rotatable bonds is 8. The molecule has 3 rings (SSSR count). The van der Waals surface area contributed by atoms with Crippen LogP contribution in [0, 0.1) is 17.9 Å². The van der Waals surface area contributed by atoms with Crippen molar-refractivity contribution < 1.29 is 0 Å². The topological polar surface area (TPSA) is 41.1 Å². The number of allylic oxidation sites excluding steroid dienone is 1. The van der Waals surface area contributed by atoms with Gasteiger partial charge in [0.15, 0.2) is 0 Å². The van der Waals surface area contributed by atoms with Crippen LogP contribution in [0.15, 0.2) is 23.7 Å². The monoisotopic (exact) mass is 368 g/mol. The molecule has 27 heavy (non-hydrogen) atoms. The van der Waals surface area contributed by atoms with Crippen molar-refractivity contribution in [3.05, 3.63) is 35.1 Å². The lowest BCUT2D eigenvalue weighted by Crippen LogP contribution is -2.32. The first kappa shape index (κ1) is 19.7. The van der Waals surface area contributed by atoms with Gasteiger partial charge in [0.2, 0.25) is 0 Å². The average Bonchev–Trinajstić information content (AvgIpc) is 3.35. The molecule has 0 aromatic heterocycles. The molecule has 0 atom stereocenters. The Balaban J connectivity index is 1.52. The van der Waals surface area contributed by atoms with Gasteiger partial charge in [0, 0.05) is 45.8 Å². The summed E-state index contributed by atoms with van der Waals surface area (Å²) in [5.41, 5.74) is 0.259. The van der Waals surface area contributed by atoms with Crippen LogP contribution in [-0.2, 0) is 0 Å². The number of likely N-dealkylation sites (tertiary alicyclic amines) is 1. The van der Waals surface area contributed by atoms with Crippen LogP contribution in [0.4, 0.5) is 0 Å². The van der Waals surface area contributed by atoms with Crippen molar-refractivity contribution in [2.75, 3.05) is 65.4 Å². The Morgan fingerprint density at radius 2 is 1.59 bits per heavy atom. The first-order chi connectivity index (χ1) is 13.3. The molecule has 0 amide bonds. The standard InChI is InChI=1S/C21H32N6/c1-23-20(19-22)21-26(15-7-13-24-9-3-2-4-10-24)17-18-27(21)16-8-14-25-11-5-6-12-25/h2-3H,4-18H2/b21-20+. The van der Waals surface area contributed by atoms with Crippen molar-refractivity contribution in [3.63, 3.8) is 0 Å². The summed E-state index contributed by atoms with van der Waals surface area (Å²) in [6.45, 7) is 18.0. The highest BCUT2D eigenvalue weighted by atomic mass is 15.4. The van der Waals surface area contributed by atoms with Gasteiger partial charge >= 0.3 is 5.70 Å². The summed E-state index contributed by atoms with van der Waals surface area (Å²) in [5.74, 6) is 0.882. The fourth-order valence-corrected chi connectivity index (χ4v) is 4.38. The van der Waals surface area contributed by atoms with Gasteiger partial charge in [-0.1, -0.05) is 12.2 Å². The van der Waals surface area contributed by atoms with Crippen molar-refractivity contribution in [1.29, 1.82) is 5.26 Å². The molecule has 6 heteroatoms. The second kappa shape index (κ2) is 10.3. The van der Waals surface area contributed by atoms with Gasteiger partial charge in [-0.05, 0) is 51.7 Å². The van der Waals surface area contributed by atoms with Crippen molar-refractivity contribution >= 4 is 0 Å². The minimum atomic E-state index is 0.259. The zero-order valence-corrected chi connectivity index (χ0v) is 16.4. The zero-order chi connectivity index (χ0) is 18.9. The van der Waals surface area contributed by atoms with Gasteiger partial charge in [-0.3, -0.25) is 4.90 Å². The molecule has 0 bridgehead atoms. The molecular weight excluding hydrogens is 336 g/mol. The van der Waals surface area contributed by atoms with E-state index in [1.165, 1.54) is 25.9 Å². The fraction of sp³-hybridized carbons (Fsp3) is 0.714. The highest BCUT2D eigenvalue weighted by Crippen LogP contribution is 2.24. The lowest BCUT2D eigenvalue weighted by Gasteiger charge is -2.28. The van der Waals surface area contributed by atoms with Crippen LogP contribution in [0.1, 0.15) is 32.1 Å². The van der Waals surface area contributed by atoms with E-state index in [-0.39, 0.29) is 5.70 Å². The Morgan fingerprint density at radius 3 is 2.15 bits per heavy atom. The van der Waals surface area contributed by atoms with Crippen LogP contribution in [0.3, 0.4) is 0 Å². The van der Waals surface area contributed by atoms with Crippen LogP contribution >= 0.6 is 0 Å². The third-order valence-electron chi connectivity index (χ3n) is 5.81. The summed E-state index contributed by atoms with van der Waals surface area (Å²) < 4.78 is 0. The average molecular weight is 369 g/mol. The first-order valence-electron chi connectivity index (χ1n) is 10.4. The summed E-state index contributed by atoms with van der Waals surface area (Å²) in [4.78, 5) is 13.1. The molecule has 3 aliphatic rings. The molecule has 146 valence electrons. The molecule has 3 aliphatic heterocycles. The van der Waals surface area contributed by atoms with E-state index in [0.29, 0.717) is 0 Å². The second-order valence-electron chi connectivity index (χ2n) is 7.69. The van der Waals surface area contributed by atoms with Crippen LogP contribution in [-0.4, -0.2) is 85.0 Å². The first-order valence-corrected chi connectivity index (χ1v) is 10.4. The Bertz CT molecular complexity index is 604. The summed E-state index contributed by atoms with van der Waals surface area (Å²) in [6, 6.07) is 2.14. The molecule has 6 nitrogen and oxygen atoms in total. The normalized spacial score (nSPS) is 22.9. The van der Waals surface area contributed by atoms with Gasteiger partial charge in [-0.15, -0.1) is 0 Å². The van der Waals surface area contributed by atoms with Gasteiger partial charge in [0.1, 0.15) is 5.82 Å². The molecule has 2 fully saturated rings. The molecule has 0 unspecified atom stereocenters. The van der Waals surface area contributed by atoms with Gasteiger partial charge in [-0.25, -0.2) is 10.1 Å². The van der Waals surface area contributed by atoms with Crippen LogP contribution in [0.2, 0.25) is 0 Å². The minimum absolute atomic E-state index is 0.259. The predicted molar refractivity (Wildman–Crippen MR) is 107 cm³/mol. The van der Waals surface area contributed by atoms with E-state index in [1.807, 2.05) is 0 Å². The van der Waals surface area contributed by atoms with E-state index >= 15 is 0 Å². The molecule has 2 saturated heterocycles. The number of nitriles is 1. The number of hydrogen-bond acceptors (Lipinski definition) is 5. The summed E-state index contributed by atoms with van der Waals surface area (Å²) >= 11 is 0. The van der Waals surface area contributed by atoms with Crippen molar-refractivity contribution in [1.82, 2.24) is 19.6 Å². The van der Waals surface area contributed by atoms with Crippen LogP contribution in [0.25, 0.3) is 4.85 Å². The largest absolute Gasteiger partial charge is 0.365 e. The molecule has 3 heterocycles. The predicted octanol–water partition coefficient (Wildman–Crippen LogP) is 2.35. The maximum absolute atomic E-state index is 9.45. The molecular formula is C21H32N6. The van der Waals surface area contributed by atoms with Crippen LogP contribution < -0.4 is 0 Å². The molecule has 0 aromatic carbocycles. The van der Waals surface area contributed by atoms with Crippen molar-refractivity contribution in [3.8, 4) is 6.07 Å². The van der Waals surface area contributed by atoms with E-state index in [2.05, 4.69) is 42.7 Å². The maximum Gasteiger partial charge on any atom is 0.300 e. The second-order valence-corrected chi connectivity index (χ2v) is 7.69. The van der Waals surface area contributed by atoms with Gasteiger partial charge in [0.25, 0.3) is 0 Å². The quantitative estimate of drug-likeness (QED) is 0.374.